The van der Waals surface area contributed by atoms with E-state index in [1.54, 1.807) is 0 Å². The number of nitro benzene ring substituents is 1. The Hall–Kier alpha value is -2.15. The molecule has 4 N–H and O–H groups in total. The number of amides is 1. The van der Waals surface area contributed by atoms with Crippen molar-refractivity contribution in [1.82, 2.24) is 5.32 Å². The fraction of sp³-hybridized carbons (Fsp3) is 0.462. The van der Waals surface area contributed by atoms with Gasteiger partial charge in [0.2, 0.25) is 5.91 Å². The number of carbonyl (C=O) groups excluding carboxylic acids is 1. The first-order chi connectivity index (χ1) is 9.58. The van der Waals surface area contributed by atoms with Crippen molar-refractivity contribution in [3.05, 3.63) is 33.9 Å². The van der Waals surface area contributed by atoms with E-state index in [1.165, 1.54) is 18.2 Å². The Balaban J connectivity index is 2.24. The van der Waals surface area contributed by atoms with Crippen molar-refractivity contribution < 1.29 is 9.72 Å². The van der Waals surface area contributed by atoms with Gasteiger partial charge in [-0.05, 0) is 31.5 Å². The average molecular weight is 278 g/mol. The van der Waals surface area contributed by atoms with Crippen molar-refractivity contribution in [2.75, 3.05) is 18.4 Å². The van der Waals surface area contributed by atoms with Crippen LogP contribution in [-0.4, -0.2) is 30.0 Å². The quantitative estimate of drug-likeness (QED) is 0.567. The Morgan fingerprint density at radius 2 is 2.25 bits per heavy atom. The van der Waals surface area contributed by atoms with E-state index in [0.29, 0.717) is 5.69 Å². The molecule has 7 nitrogen and oxygen atoms in total. The lowest BCUT2D eigenvalue weighted by Crippen LogP contribution is -2.31. The maximum Gasteiger partial charge on any atom is 0.292 e. The zero-order valence-electron chi connectivity index (χ0n) is 11.1. The van der Waals surface area contributed by atoms with Crippen molar-refractivity contribution in [2.24, 2.45) is 5.73 Å². The molecule has 0 saturated carbocycles. The highest BCUT2D eigenvalue weighted by atomic mass is 16.6. The van der Waals surface area contributed by atoms with Crippen LogP contribution in [0.4, 0.5) is 11.4 Å². The standard InChI is InChI=1S/C13H18N4O3/c14-13(18)9-4-5-12(17(19)20)11(7-9)16-10-3-1-2-6-15-8-10/h4-5,7,10,15-16H,1-3,6,8H2,(H2,14,18). The van der Waals surface area contributed by atoms with Crippen LogP contribution < -0.4 is 16.4 Å². The van der Waals surface area contributed by atoms with Crippen molar-refractivity contribution in [3.8, 4) is 0 Å². The van der Waals surface area contributed by atoms with Gasteiger partial charge in [-0.25, -0.2) is 0 Å². The highest BCUT2D eigenvalue weighted by Crippen LogP contribution is 2.27. The van der Waals surface area contributed by atoms with E-state index in [9.17, 15) is 14.9 Å². The molecule has 0 spiro atoms. The van der Waals surface area contributed by atoms with Crippen molar-refractivity contribution >= 4 is 17.3 Å². The van der Waals surface area contributed by atoms with Gasteiger partial charge in [-0.1, -0.05) is 6.42 Å². The smallest absolute Gasteiger partial charge is 0.292 e. The molecule has 1 fully saturated rings. The third-order valence-electron chi connectivity index (χ3n) is 3.38. The van der Waals surface area contributed by atoms with Gasteiger partial charge in [-0.15, -0.1) is 0 Å². The summed E-state index contributed by atoms with van der Waals surface area (Å²) < 4.78 is 0. The van der Waals surface area contributed by atoms with Crippen molar-refractivity contribution in [3.63, 3.8) is 0 Å². The van der Waals surface area contributed by atoms with Crippen LogP contribution in [0.3, 0.4) is 0 Å². The van der Waals surface area contributed by atoms with E-state index in [0.717, 1.165) is 32.4 Å². The topological polar surface area (TPSA) is 110 Å². The maximum absolute atomic E-state index is 11.2. The second-order valence-electron chi connectivity index (χ2n) is 4.89. The van der Waals surface area contributed by atoms with Crippen LogP contribution >= 0.6 is 0 Å². The van der Waals surface area contributed by atoms with Crippen LogP contribution in [0.15, 0.2) is 18.2 Å². The van der Waals surface area contributed by atoms with E-state index in [4.69, 9.17) is 5.73 Å². The lowest BCUT2D eigenvalue weighted by Gasteiger charge is -2.18. The molecule has 0 radical (unpaired) electrons. The lowest BCUT2D eigenvalue weighted by molar-refractivity contribution is -0.384. The Bertz CT molecular complexity index is 510. The maximum atomic E-state index is 11.2. The summed E-state index contributed by atoms with van der Waals surface area (Å²) in [6.45, 7) is 1.71. The molecule has 1 heterocycles. The van der Waals surface area contributed by atoms with Crippen LogP contribution in [0.25, 0.3) is 0 Å². The lowest BCUT2D eigenvalue weighted by atomic mass is 10.1. The molecule has 1 aliphatic rings. The minimum absolute atomic E-state index is 0.0424. The molecule has 0 bridgehead atoms. The molecule has 108 valence electrons. The third kappa shape index (κ3) is 3.45. The van der Waals surface area contributed by atoms with Crippen LogP contribution in [0.2, 0.25) is 0 Å². The largest absolute Gasteiger partial charge is 0.375 e. The molecule has 2 rings (SSSR count). The molecule has 1 aromatic rings. The summed E-state index contributed by atoms with van der Waals surface area (Å²) in [7, 11) is 0. The predicted molar refractivity (Wildman–Crippen MR) is 75.7 cm³/mol. The van der Waals surface area contributed by atoms with Gasteiger partial charge in [-0.2, -0.15) is 0 Å². The Morgan fingerprint density at radius 1 is 1.45 bits per heavy atom. The number of hydrogen-bond donors (Lipinski definition) is 3. The van der Waals surface area contributed by atoms with Crippen molar-refractivity contribution in [2.45, 2.75) is 25.3 Å². The zero-order valence-corrected chi connectivity index (χ0v) is 11.1. The first-order valence-electron chi connectivity index (χ1n) is 6.63. The minimum atomic E-state index is -0.595. The van der Waals surface area contributed by atoms with Crippen LogP contribution in [0.5, 0.6) is 0 Å². The van der Waals surface area contributed by atoms with E-state index in [-0.39, 0.29) is 17.3 Å². The summed E-state index contributed by atoms with van der Waals surface area (Å²) in [5.41, 5.74) is 5.79. The number of primary amides is 1. The number of hydrogen-bond acceptors (Lipinski definition) is 5. The highest BCUT2D eigenvalue weighted by Gasteiger charge is 2.19. The van der Waals surface area contributed by atoms with Gasteiger partial charge < -0.3 is 16.4 Å². The molecule has 1 atom stereocenters. The molecule has 7 heteroatoms. The summed E-state index contributed by atoms with van der Waals surface area (Å²) in [4.78, 5) is 21.8. The van der Waals surface area contributed by atoms with Crippen LogP contribution in [0.1, 0.15) is 29.6 Å². The number of benzene rings is 1. The third-order valence-corrected chi connectivity index (χ3v) is 3.38. The molecule has 1 amide bonds. The molecule has 1 unspecified atom stereocenters. The van der Waals surface area contributed by atoms with E-state index < -0.39 is 10.8 Å². The molecule has 0 aliphatic carbocycles. The summed E-state index contributed by atoms with van der Waals surface area (Å²) >= 11 is 0. The number of nitrogens with two attached hydrogens (primary N) is 1. The highest BCUT2D eigenvalue weighted by molar-refractivity contribution is 5.94. The number of carbonyl (C=O) groups is 1. The Labute approximate surface area is 116 Å². The van der Waals surface area contributed by atoms with Gasteiger partial charge in [0.05, 0.1) is 4.92 Å². The monoisotopic (exact) mass is 278 g/mol. The first kappa shape index (κ1) is 14.3. The molecule has 20 heavy (non-hydrogen) atoms. The van der Waals surface area contributed by atoms with E-state index >= 15 is 0 Å². The zero-order chi connectivity index (χ0) is 14.5. The van der Waals surface area contributed by atoms with Gasteiger partial charge in [-0.3, -0.25) is 14.9 Å². The van der Waals surface area contributed by atoms with Crippen LogP contribution in [-0.2, 0) is 0 Å². The molecule has 1 aliphatic heterocycles. The molecular weight excluding hydrogens is 260 g/mol. The SMILES string of the molecule is NC(=O)c1ccc([N+](=O)[O-])c(NC2CCCCNC2)c1. The number of rotatable bonds is 4. The summed E-state index contributed by atoms with van der Waals surface area (Å²) in [6, 6.07) is 4.24. The van der Waals surface area contributed by atoms with Gasteiger partial charge in [0.15, 0.2) is 0 Å². The van der Waals surface area contributed by atoms with Crippen molar-refractivity contribution in [1.29, 1.82) is 0 Å². The summed E-state index contributed by atoms with van der Waals surface area (Å²) in [6.07, 6.45) is 3.10. The summed E-state index contributed by atoms with van der Waals surface area (Å²) in [5, 5.41) is 17.5. The van der Waals surface area contributed by atoms with Gasteiger partial charge in [0.1, 0.15) is 5.69 Å². The predicted octanol–water partition coefficient (Wildman–Crippen LogP) is 1.25. The van der Waals surface area contributed by atoms with Gasteiger partial charge in [0, 0.05) is 24.2 Å². The second-order valence-corrected chi connectivity index (χ2v) is 4.89. The molecule has 1 saturated heterocycles. The van der Waals surface area contributed by atoms with Gasteiger partial charge in [0.25, 0.3) is 5.69 Å². The minimum Gasteiger partial charge on any atom is -0.375 e. The second kappa shape index (κ2) is 6.33. The average Bonchev–Trinajstić information content (AvgIpc) is 2.67. The fourth-order valence-corrected chi connectivity index (χ4v) is 2.33. The fourth-order valence-electron chi connectivity index (χ4n) is 2.33. The van der Waals surface area contributed by atoms with E-state index in [1.807, 2.05) is 0 Å². The normalized spacial score (nSPS) is 19.1. The molecule has 0 aromatic heterocycles. The number of anilines is 1. The number of nitro groups is 1. The summed E-state index contributed by atoms with van der Waals surface area (Å²) in [5.74, 6) is -0.595. The van der Waals surface area contributed by atoms with E-state index in [2.05, 4.69) is 10.6 Å². The Kier molecular flexibility index (Phi) is 4.52. The number of nitrogens with zero attached hydrogens (tertiary/aromatic N) is 1. The molecule has 1 aromatic carbocycles. The Morgan fingerprint density at radius 3 is 2.95 bits per heavy atom. The first-order valence-corrected chi connectivity index (χ1v) is 6.63. The molecular formula is C13H18N4O3. The van der Waals surface area contributed by atoms with Crippen LogP contribution in [0, 0.1) is 10.1 Å². The number of nitrogens with one attached hydrogen (secondary N) is 2. The van der Waals surface area contributed by atoms with Gasteiger partial charge >= 0.3 is 0 Å².